The fourth-order valence-corrected chi connectivity index (χ4v) is 2.91. The molecule has 0 saturated carbocycles. The number of hydrogen-bond donors (Lipinski definition) is 1. The Labute approximate surface area is 128 Å². The SMILES string of the molecule is CC(NC(=O)c1ccc(Br)cc1Br)c1ccncc1. The molecule has 2 aromatic rings. The van der Waals surface area contributed by atoms with Gasteiger partial charge in [0.2, 0.25) is 0 Å². The van der Waals surface area contributed by atoms with Crippen molar-refractivity contribution in [1.82, 2.24) is 10.3 Å². The minimum Gasteiger partial charge on any atom is -0.345 e. The fourth-order valence-electron chi connectivity index (χ4n) is 1.68. The zero-order chi connectivity index (χ0) is 13.8. The molecule has 19 heavy (non-hydrogen) atoms. The van der Waals surface area contributed by atoms with E-state index in [1.807, 2.05) is 31.2 Å². The van der Waals surface area contributed by atoms with Crippen LogP contribution in [0.1, 0.15) is 28.9 Å². The Balaban J connectivity index is 2.13. The second-order valence-electron chi connectivity index (χ2n) is 4.10. The number of carbonyl (C=O) groups excluding carboxylic acids is 1. The molecule has 0 aliphatic rings. The second-order valence-corrected chi connectivity index (χ2v) is 5.87. The van der Waals surface area contributed by atoms with Crippen LogP contribution in [0, 0.1) is 0 Å². The van der Waals surface area contributed by atoms with Crippen molar-refractivity contribution in [3.05, 3.63) is 62.8 Å². The van der Waals surface area contributed by atoms with Gasteiger partial charge in [-0.25, -0.2) is 0 Å². The molecule has 0 aliphatic carbocycles. The minimum atomic E-state index is -0.108. The largest absolute Gasteiger partial charge is 0.345 e. The van der Waals surface area contributed by atoms with E-state index in [0.29, 0.717) is 5.56 Å². The van der Waals surface area contributed by atoms with Crippen LogP contribution in [0.4, 0.5) is 0 Å². The van der Waals surface area contributed by atoms with Crippen LogP contribution in [0.5, 0.6) is 0 Å². The van der Waals surface area contributed by atoms with Gasteiger partial charge in [-0.15, -0.1) is 0 Å². The third kappa shape index (κ3) is 3.64. The molecular weight excluding hydrogens is 372 g/mol. The summed E-state index contributed by atoms with van der Waals surface area (Å²) < 4.78 is 1.69. The van der Waals surface area contributed by atoms with E-state index in [-0.39, 0.29) is 11.9 Å². The Hall–Kier alpha value is -1.20. The van der Waals surface area contributed by atoms with Gasteiger partial charge in [-0.05, 0) is 58.7 Å². The van der Waals surface area contributed by atoms with Gasteiger partial charge in [-0.2, -0.15) is 0 Å². The van der Waals surface area contributed by atoms with E-state index in [1.165, 1.54) is 0 Å². The molecule has 0 bridgehead atoms. The van der Waals surface area contributed by atoms with Crippen LogP contribution < -0.4 is 5.32 Å². The summed E-state index contributed by atoms with van der Waals surface area (Å²) in [5.74, 6) is -0.108. The maximum Gasteiger partial charge on any atom is 0.252 e. The van der Waals surface area contributed by atoms with E-state index in [2.05, 4.69) is 42.2 Å². The number of halogens is 2. The lowest BCUT2D eigenvalue weighted by Gasteiger charge is -2.14. The number of aromatic nitrogens is 1. The van der Waals surface area contributed by atoms with Gasteiger partial charge in [-0.1, -0.05) is 15.9 Å². The van der Waals surface area contributed by atoms with Crippen molar-refractivity contribution in [2.75, 3.05) is 0 Å². The van der Waals surface area contributed by atoms with Crippen molar-refractivity contribution in [3.63, 3.8) is 0 Å². The first-order valence-corrected chi connectivity index (χ1v) is 7.32. The minimum absolute atomic E-state index is 0.0638. The summed E-state index contributed by atoms with van der Waals surface area (Å²) in [6.45, 7) is 1.94. The van der Waals surface area contributed by atoms with E-state index in [1.54, 1.807) is 18.5 Å². The Morgan fingerprint density at radius 1 is 1.21 bits per heavy atom. The summed E-state index contributed by atoms with van der Waals surface area (Å²) >= 11 is 6.76. The molecule has 1 aromatic heterocycles. The van der Waals surface area contributed by atoms with Crippen LogP contribution in [-0.4, -0.2) is 10.9 Å². The summed E-state index contributed by atoms with van der Waals surface area (Å²) in [6.07, 6.45) is 3.43. The maximum atomic E-state index is 12.2. The Kier molecular flexibility index (Phi) is 4.71. The molecule has 0 saturated heterocycles. The normalized spacial score (nSPS) is 11.9. The highest BCUT2D eigenvalue weighted by atomic mass is 79.9. The van der Waals surface area contributed by atoms with Crippen LogP contribution in [-0.2, 0) is 0 Å². The van der Waals surface area contributed by atoms with Crippen LogP contribution in [0.2, 0.25) is 0 Å². The van der Waals surface area contributed by atoms with Crippen LogP contribution in [0.15, 0.2) is 51.7 Å². The molecule has 1 amide bonds. The predicted molar refractivity (Wildman–Crippen MR) is 82.0 cm³/mol. The maximum absolute atomic E-state index is 12.2. The predicted octanol–water partition coefficient (Wildman–Crippen LogP) is 4.10. The highest BCUT2D eigenvalue weighted by Gasteiger charge is 2.13. The second kappa shape index (κ2) is 6.30. The van der Waals surface area contributed by atoms with Crippen molar-refractivity contribution in [2.45, 2.75) is 13.0 Å². The van der Waals surface area contributed by atoms with E-state index in [9.17, 15) is 4.79 Å². The van der Waals surface area contributed by atoms with Crippen molar-refractivity contribution in [2.24, 2.45) is 0 Å². The van der Waals surface area contributed by atoms with Gasteiger partial charge in [0.1, 0.15) is 0 Å². The molecule has 1 aromatic carbocycles. The highest BCUT2D eigenvalue weighted by molar-refractivity contribution is 9.11. The molecule has 0 spiro atoms. The molecule has 2 rings (SSSR count). The van der Waals surface area contributed by atoms with Crippen molar-refractivity contribution in [3.8, 4) is 0 Å². The molecule has 3 nitrogen and oxygen atoms in total. The fraction of sp³-hybridized carbons (Fsp3) is 0.143. The van der Waals surface area contributed by atoms with Gasteiger partial charge in [0.25, 0.3) is 5.91 Å². The quantitative estimate of drug-likeness (QED) is 0.866. The van der Waals surface area contributed by atoms with Crippen molar-refractivity contribution in [1.29, 1.82) is 0 Å². The summed E-state index contributed by atoms with van der Waals surface area (Å²) in [4.78, 5) is 16.2. The molecule has 0 radical (unpaired) electrons. The number of carbonyl (C=O) groups is 1. The van der Waals surface area contributed by atoms with Crippen LogP contribution >= 0.6 is 31.9 Å². The zero-order valence-electron chi connectivity index (χ0n) is 10.2. The third-order valence-electron chi connectivity index (χ3n) is 2.73. The van der Waals surface area contributed by atoms with Crippen LogP contribution in [0.25, 0.3) is 0 Å². The highest BCUT2D eigenvalue weighted by Crippen LogP contribution is 2.22. The van der Waals surface area contributed by atoms with Crippen molar-refractivity contribution < 1.29 is 4.79 Å². The molecule has 1 N–H and O–H groups in total. The van der Waals surface area contributed by atoms with Crippen LogP contribution in [0.3, 0.4) is 0 Å². The summed E-state index contributed by atoms with van der Waals surface area (Å²) in [7, 11) is 0. The van der Waals surface area contributed by atoms with Gasteiger partial charge in [0, 0.05) is 21.3 Å². The summed E-state index contributed by atoms with van der Waals surface area (Å²) in [5.41, 5.74) is 1.64. The lowest BCUT2D eigenvalue weighted by atomic mass is 10.1. The molecule has 1 heterocycles. The molecule has 1 atom stereocenters. The third-order valence-corrected chi connectivity index (χ3v) is 3.88. The van der Waals surface area contributed by atoms with Gasteiger partial charge >= 0.3 is 0 Å². The Bertz CT molecular complexity index is 587. The molecular formula is C14H12Br2N2O. The van der Waals surface area contributed by atoms with Crippen molar-refractivity contribution >= 4 is 37.8 Å². The number of rotatable bonds is 3. The molecule has 5 heteroatoms. The number of pyridine rings is 1. The molecule has 1 unspecified atom stereocenters. The number of nitrogens with one attached hydrogen (secondary N) is 1. The average molecular weight is 384 g/mol. The topological polar surface area (TPSA) is 42.0 Å². The zero-order valence-corrected chi connectivity index (χ0v) is 13.4. The average Bonchev–Trinajstić information content (AvgIpc) is 2.39. The first-order chi connectivity index (χ1) is 9.08. The van der Waals surface area contributed by atoms with Gasteiger partial charge in [-0.3, -0.25) is 9.78 Å². The first kappa shape index (κ1) is 14.2. The standard InChI is InChI=1S/C14H12Br2N2O/c1-9(10-4-6-17-7-5-10)18-14(19)12-3-2-11(15)8-13(12)16/h2-9H,1H3,(H,18,19). The number of nitrogens with zero attached hydrogens (tertiary/aromatic N) is 1. The smallest absolute Gasteiger partial charge is 0.252 e. The number of benzene rings is 1. The molecule has 0 aliphatic heterocycles. The Morgan fingerprint density at radius 3 is 2.53 bits per heavy atom. The number of hydrogen-bond acceptors (Lipinski definition) is 2. The van der Waals surface area contributed by atoms with E-state index < -0.39 is 0 Å². The van der Waals surface area contributed by atoms with E-state index >= 15 is 0 Å². The lowest BCUT2D eigenvalue weighted by Crippen LogP contribution is -2.26. The van der Waals surface area contributed by atoms with Gasteiger partial charge in [0.15, 0.2) is 0 Å². The van der Waals surface area contributed by atoms with Gasteiger partial charge in [0.05, 0.1) is 11.6 Å². The monoisotopic (exact) mass is 382 g/mol. The van der Waals surface area contributed by atoms with E-state index in [0.717, 1.165) is 14.5 Å². The number of amides is 1. The summed E-state index contributed by atoms with van der Waals surface area (Å²) in [6, 6.07) is 9.19. The van der Waals surface area contributed by atoms with E-state index in [4.69, 9.17) is 0 Å². The Morgan fingerprint density at radius 2 is 1.89 bits per heavy atom. The lowest BCUT2D eigenvalue weighted by molar-refractivity contribution is 0.0939. The molecule has 0 fully saturated rings. The summed E-state index contributed by atoms with van der Waals surface area (Å²) in [5, 5.41) is 2.96. The first-order valence-electron chi connectivity index (χ1n) is 5.74. The van der Waals surface area contributed by atoms with Gasteiger partial charge < -0.3 is 5.32 Å². The molecule has 98 valence electrons.